The van der Waals surface area contributed by atoms with E-state index in [0.717, 1.165) is 53.2 Å². The Labute approximate surface area is 259 Å². The summed E-state index contributed by atoms with van der Waals surface area (Å²) >= 11 is 0. The summed E-state index contributed by atoms with van der Waals surface area (Å²) in [6.07, 6.45) is 4.17. The molecule has 1 aliphatic carbocycles. The number of benzene rings is 3. The van der Waals surface area contributed by atoms with Crippen molar-refractivity contribution in [1.29, 1.82) is 0 Å². The van der Waals surface area contributed by atoms with E-state index in [4.69, 9.17) is 9.47 Å². The molecule has 1 fully saturated rings. The second-order valence-corrected chi connectivity index (χ2v) is 12.8. The van der Waals surface area contributed by atoms with Crippen LogP contribution in [0.2, 0.25) is 0 Å². The first-order chi connectivity index (χ1) is 21.1. The van der Waals surface area contributed by atoms with Gasteiger partial charge >= 0.3 is 0 Å². The molecule has 11 heteroatoms. The summed E-state index contributed by atoms with van der Waals surface area (Å²) < 4.78 is 53.7. The predicted molar refractivity (Wildman–Crippen MR) is 167 cm³/mol. The molecule has 9 nitrogen and oxygen atoms in total. The summed E-state index contributed by atoms with van der Waals surface area (Å²) in [7, 11) is -1.55. The summed E-state index contributed by atoms with van der Waals surface area (Å²) in [5, 5.41) is 3.10. The molecule has 0 heterocycles. The molecule has 1 aliphatic rings. The SMILES string of the molecule is CCC(C(=O)NC1CCCC1)N(Cc1cccc(C)c1)C(=O)CN(c1ccc(F)cc1)S(=O)(=O)c1ccc(OC)c(OC)c1. The molecule has 1 N–H and O–H groups in total. The lowest BCUT2D eigenvalue weighted by Gasteiger charge is -2.34. The molecule has 236 valence electrons. The van der Waals surface area contributed by atoms with E-state index in [-0.39, 0.29) is 34.8 Å². The highest BCUT2D eigenvalue weighted by atomic mass is 32.2. The number of nitrogens with zero attached hydrogens (tertiary/aromatic N) is 2. The molecule has 1 unspecified atom stereocenters. The van der Waals surface area contributed by atoms with Crippen LogP contribution in [0.4, 0.5) is 10.1 Å². The maximum atomic E-state index is 14.2. The zero-order valence-electron chi connectivity index (χ0n) is 25.6. The van der Waals surface area contributed by atoms with Gasteiger partial charge in [0.1, 0.15) is 18.4 Å². The molecule has 3 aromatic carbocycles. The number of sulfonamides is 1. The summed E-state index contributed by atoms with van der Waals surface area (Å²) in [6, 6.07) is 15.8. The van der Waals surface area contributed by atoms with Crippen LogP contribution < -0.4 is 19.1 Å². The number of nitrogens with one attached hydrogen (secondary N) is 1. The number of hydrogen-bond donors (Lipinski definition) is 1. The predicted octanol–water partition coefficient (Wildman–Crippen LogP) is 5.21. The van der Waals surface area contributed by atoms with E-state index in [9.17, 15) is 22.4 Å². The van der Waals surface area contributed by atoms with Crippen molar-refractivity contribution in [3.05, 3.63) is 83.7 Å². The standard InChI is InChI=1S/C33H40FN3O6S/c1-5-29(33(39)35-26-11-6-7-12-26)36(21-24-10-8-9-23(2)19-24)32(38)22-37(27-15-13-25(34)14-16-27)44(40,41)28-17-18-30(42-3)31(20-28)43-4/h8-10,13-20,26,29H,5-7,11-12,21-22H2,1-4H3,(H,35,39). The number of amides is 2. The number of anilines is 1. The highest BCUT2D eigenvalue weighted by Gasteiger charge is 2.35. The van der Waals surface area contributed by atoms with Crippen molar-refractivity contribution in [3.63, 3.8) is 0 Å². The van der Waals surface area contributed by atoms with Crippen LogP contribution >= 0.6 is 0 Å². The van der Waals surface area contributed by atoms with E-state index in [0.29, 0.717) is 12.2 Å². The Morgan fingerprint density at radius 3 is 2.27 bits per heavy atom. The molecule has 44 heavy (non-hydrogen) atoms. The van der Waals surface area contributed by atoms with Gasteiger partial charge in [-0.25, -0.2) is 12.8 Å². The van der Waals surface area contributed by atoms with Gasteiger partial charge in [-0.3, -0.25) is 13.9 Å². The number of methoxy groups -OCH3 is 2. The van der Waals surface area contributed by atoms with Gasteiger partial charge in [0.25, 0.3) is 10.0 Å². The molecule has 1 atom stereocenters. The summed E-state index contributed by atoms with van der Waals surface area (Å²) in [5.74, 6) is -0.877. The lowest BCUT2D eigenvalue weighted by molar-refractivity contribution is -0.140. The van der Waals surface area contributed by atoms with Gasteiger partial charge < -0.3 is 19.7 Å². The van der Waals surface area contributed by atoms with Crippen LogP contribution in [0.5, 0.6) is 11.5 Å². The molecule has 0 aromatic heterocycles. The maximum absolute atomic E-state index is 14.2. The minimum atomic E-state index is -4.38. The van der Waals surface area contributed by atoms with Gasteiger partial charge in [0.05, 0.1) is 24.8 Å². The largest absolute Gasteiger partial charge is 0.493 e. The van der Waals surface area contributed by atoms with Gasteiger partial charge in [-0.15, -0.1) is 0 Å². The maximum Gasteiger partial charge on any atom is 0.264 e. The quantitative estimate of drug-likeness (QED) is 0.280. The number of aryl methyl sites for hydroxylation is 1. The van der Waals surface area contributed by atoms with E-state index in [1.165, 1.54) is 49.5 Å². The van der Waals surface area contributed by atoms with E-state index in [2.05, 4.69) is 5.32 Å². The van der Waals surface area contributed by atoms with Crippen LogP contribution in [-0.2, 0) is 26.2 Å². The Balaban J connectivity index is 1.74. The lowest BCUT2D eigenvalue weighted by atomic mass is 10.1. The van der Waals surface area contributed by atoms with Crippen molar-refractivity contribution in [2.45, 2.75) is 69.5 Å². The van der Waals surface area contributed by atoms with Crippen LogP contribution in [-0.4, -0.2) is 58.0 Å². The fraction of sp³-hybridized carbons (Fsp3) is 0.394. The first-order valence-electron chi connectivity index (χ1n) is 14.7. The van der Waals surface area contributed by atoms with Gasteiger partial charge in [-0.2, -0.15) is 0 Å². The highest BCUT2D eigenvalue weighted by molar-refractivity contribution is 7.92. The number of ether oxygens (including phenoxy) is 2. The van der Waals surface area contributed by atoms with Crippen LogP contribution in [0.3, 0.4) is 0 Å². The van der Waals surface area contributed by atoms with Gasteiger partial charge in [-0.1, -0.05) is 49.6 Å². The van der Waals surface area contributed by atoms with Crippen LogP contribution in [0, 0.1) is 12.7 Å². The molecule has 0 bridgehead atoms. The first kappa shape index (κ1) is 32.8. The Hall–Kier alpha value is -4.12. The smallest absolute Gasteiger partial charge is 0.264 e. The van der Waals surface area contributed by atoms with Crippen LogP contribution in [0.25, 0.3) is 0 Å². The van der Waals surface area contributed by atoms with Gasteiger partial charge in [-0.05, 0) is 68.1 Å². The van der Waals surface area contributed by atoms with Gasteiger partial charge in [0.2, 0.25) is 11.8 Å². The third kappa shape index (κ3) is 7.68. The Bertz CT molecular complexity index is 1560. The molecule has 4 rings (SSSR count). The third-order valence-corrected chi connectivity index (χ3v) is 9.63. The van der Waals surface area contributed by atoms with Gasteiger partial charge in [0, 0.05) is 18.7 Å². The monoisotopic (exact) mass is 625 g/mol. The summed E-state index contributed by atoms with van der Waals surface area (Å²) in [4.78, 5) is 29.1. The molecule has 1 saturated carbocycles. The van der Waals surface area contributed by atoms with E-state index >= 15 is 0 Å². The average molecular weight is 626 g/mol. The van der Waals surface area contributed by atoms with Gasteiger partial charge in [0.15, 0.2) is 11.5 Å². The number of carbonyl (C=O) groups is 2. The van der Waals surface area contributed by atoms with Crippen molar-refractivity contribution in [2.75, 3.05) is 25.1 Å². The van der Waals surface area contributed by atoms with Crippen molar-refractivity contribution in [2.24, 2.45) is 0 Å². The molecular weight excluding hydrogens is 585 g/mol. The van der Waals surface area contributed by atoms with E-state index < -0.39 is 34.3 Å². The van der Waals surface area contributed by atoms with Crippen molar-refractivity contribution >= 4 is 27.5 Å². The molecule has 0 saturated heterocycles. The zero-order valence-corrected chi connectivity index (χ0v) is 26.4. The third-order valence-electron chi connectivity index (χ3n) is 7.86. The van der Waals surface area contributed by atoms with Crippen molar-refractivity contribution in [1.82, 2.24) is 10.2 Å². The number of hydrogen-bond acceptors (Lipinski definition) is 6. The van der Waals surface area contributed by atoms with Crippen LogP contribution in [0.1, 0.15) is 50.2 Å². The molecule has 0 aliphatic heterocycles. The Morgan fingerprint density at radius 1 is 0.977 bits per heavy atom. The number of carbonyl (C=O) groups excluding carboxylic acids is 2. The van der Waals surface area contributed by atoms with Crippen molar-refractivity contribution < 1.29 is 31.9 Å². The zero-order chi connectivity index (χ0) is 31.9. The van der Waals surface area contributed by atoms with Crippen LogP contribution in [0.15, 0.2) is 71.6 Å². The molecule has 0 radical (unpaired) electrons. The summed E-state index contributed by atoms with van der Waals surface area (Å²) in [6.45, 7) is 3.24. The first-order valence-corrected chi connectivity index (χ1v) is 16.2. The second-order valence-electron chi connectivity index (χ2n) is 10.9. The lowest BCUT2D eigenvalue weighted by Crippen LogP contribution is -2.53. The average Bonchev–Trinajstić information content (AvgIpc) is 3.52. The highest BCUT2D eigenvalue weighted by Crippen LogP contribution is 2.32. The number of halogens is 1. The number of rotatable bonds is 13. The summed E-state index contributed by atoms with van der Waals surface area (Å²) in [5.41, 5.74) is 1.89. The molecule has 3 aromatic rings. The molecule has 0 spiro atoms. The Morgan fingerprint density at radius 2 is 1.66 bits per heavy atom. The fourth-order valence-corrected chi connectivity index (χ4v) is 6.96. The topological polar surface area (TPSA) is 105 Å². The van der Waals surface area contributed by atoms with E-state index in [1.54, 1.807) is 0 Å². The molecular formula is C33H40FN3O6S. The normalized spacial score (nSPS) is 14.1. The fourth-order valence-electron chi connectivity index (χ4n) is 5.53. The minimum Gasteiger partial charge on any atom is -0.493 e. The second kappa shape index (κ2) is 14.6. The molecule has 2 amide bonds. The Kier molecular flexibility index (Phi) is 10.9. The van der Waals surface area contributed by atoms with E-state index in [1.807, 2.05) is 38.1 Å². The van der Waals surface area contributed by atoms with Crippen molar-refractivity contribution in [3.8, 4) is 11.5 Å². The minimum absolute atomic E-state index is 0.0496.